The summed E-state index contributed by atoms with van der Waals surface area (Å²) in [7, 11) is 0. The standard InChI is InChI=1S/C13H19N3O2S/c1-8(17)14-12-15-9-5-6-16(7-10(9)19-12)11(18)13(2,3)4/h5-7H2,1-4H3,(H,14,15,17). The molecule has 2 rings (SSSR count). The molecule has 0 saturated carbocycles. The zero-order chi connectivity index (χ0) is 14.2. The summed E-state index contributed by atoms with van der Waals surface area (Å²) in [5, 5.41) is 3.33. The van der Waals surface area contributed by atoms with E-state index in [1.807, 2.05) is 25.7 Å². The molecule has 19 heavy (non-hydrogen) atoms. The number of amides is 2. The van der Waals surface area contributed by atoms with Gasteiger partial charge < -0.3 is 10.2 Å². The molecule has 0 fully saturated rings. The summed E-state index contributed by atoms with van der Waals surface area (Å²) < 4.78 is 0. The van der Waals surface area contributed by atoms with Gasteiger partial charge in [-0.1, -0.05) is 32.1 Å². The van der Waals surface area contributed by atoms with Crippen LogP contribution in [0.4, 0.5) is 5.13 Å². The molecule has 0 aromatic carbocycles. The first-order valence-electron chi connectivity index (χ1n) is 6.33. The monoisotopic (exact) mass is 281 g/mol. The highest BCUT2D eigenvalue weighted by Gasteiger charge is 2.31. The van der Waals surface area contributed by atoms with Crippen molar-refractivity contribution in [1.82, 2.24) is 9.88 Å². The van der Waals surface area contributed by atoms with E-state index in [-0.39, 0.29) is 17.2 Å². The number of anilines is 1. The molecule has 0 aliphatic carbocycles. The average molecular weight is 281 g/mol. The largest absolute Gasteiger partial charge is 0.337 e. The highest BCUT2D eigenvalue weighted by Crippen LogP contribution is 2.30. The molecule has 1 aliphatic rings. The summed E-state index contributed by atoms with van der Waals surface area (Å²) in [6, 6.07) is 0. The molecule has 1 aromatic heterocycles. The SMILES string of the molecule is CC(=O)Nc1nc2c(s1)CN(C(=O)C(C)(C)C)CC2. The van der Waals surface area contributed by atoms with Crippen LogP contribution in [-0.2, 0) is 22.6 Å². The van der Waals surface area contributed by atoms with E-state index in [4.69, 9.17) is 0 Å². The fourth-order valence-corrected chi connectivity index (χ4v) is 3.12. The van der Waals surface area contributed by atoms with Gasteiger partial charge in [0.15, 0.2) is 5.13 Å². The van der Waals surface area contributed by atoms with E-state index in [9.17, 15) is 9.59 Å². The molecular formula is C13H19N3O2S. The Morgan fingerprint density at radius 1 is 1.37 bits per heavy atom. The zero-order valence-corrected chi connectivity index (χ0v) is 12.6. The van der Waals surface area contributed by atoms with Crippen LogP contribution in [0.3, 0.4) is 0 Å². The number of thiazole rings is 1. The van der Waals surface area contributed by atoms with Gasteiger partial charge in [0.2, 0.25) is 11.8 Å². The molecule has 2 amide bonds. The second-order valence-corrected chi connectivity index (χ2v) is 6.88. The van der Waals surface area contributed by atoms with Gasteiger partial charge in [-0.15, -0.1) is 0 Å². The molecule has 1 N–H and O–H groups in total. The number of nitrogens with zero attached hydrogens (tertiary/aromatic N) is 2. The van der Waals surface area contributed by atoms with Gasteiger partial charge in [-0.3, -0.25) is 9.59 Å². The number of fused-ring (bicyclic) bond motifs is 1. The lowest BCUT2D eigenvalue weighted by Crippen LogP contribution is -2.42. The van der Waals surface area contributed by atoms with Crippen molar-refractivity contribution in [2.24, 2.45) is 5.41 Å². The molecule has 0 unspecified atom stereocenters. The van der Waals surface area contributed by atoms with Crippen LogP contribution < -0.4 is 5.32 Å². The van der Waals surface area contributed by atoms with Crippen LogP contribution in [-0.4, -0.2) is 28.2 Å². The molecule has 1 aliphatic heterocycles. The number of carbonyl (C=O) groups is 2. The Balaban J connectivity index is 2.14. The maximum Gasteiger partial charge on any atom is 0.228 e. The predicted molar refractivity (Wildman–Crippen MR) is 75.0 cm³/mol. The van der Waals surface area contributed by atoms with E-state index in [1.54, 1.807) is 0 Å². The van der Waals surface area contributed by atoms with Crippen molar-refractivity contribution in [1.29, 1.82) is 0 Å². The number of nitrogens with one attached hydrogen (secondary N) is 1. The van der Waals surface area contributed by atoms with Crippen LogP contribution >= 0.6 is 11.3 Å². The molecule has 5 nitrogen and oxygen atoms in total. The molecule has 104 valence electrons. The minimum atomic E-state index is -0.358. The molecule has 2 heterocycles. The molecule has 0 bridgehead atoms. The van der Waals surface area contributed by atoms with Crippen molar-refractivity contribution in [3.8, 4) is 0 Å². The lowest BCUT2D eigenvalue weighted by molar-refractivity contribution is -0.140. The second kappa shape index (κ2) is 4.92. The molecule has 0 atom stereocenters. The quantitative estimate of drug-likeness (QED) is 0.856. The Labute approximate surface area is 117 Å². The number of carbonyl (C=O) groups excluding carboxylic acids is 2. The van der Waals surface area contributed by atoms with Crippen LogP contribution in [0.1, 0.15) is 38.3 Å². The summed E-state index contributed by atoms with van der Waals surface area (Å²) in [4.78, 5) is 30.6. The third kappa shape index (κ3) is 3.12. The fraction of sp³-hybridized carbons (Fsp3) is 0.615. The van der Waals surface area contributed by atoms with Gasteiger partial charge in [-0.05, 0) is 0 Å². The molecular weight excluding hydrogens is 262 g/mol. The maximum atomic E-state index is 12.3. The third-order valence-electron chi connectivity index (χ3n) is 2.94. The van der Waals surface area contributed by atoms with Gasteiger partial charge in [0.05, 0.1) is 12.2 Å². The average Bonchev–Trinajstić information content (AvgIpc) is 2.66. The Morgan fingerprint density at radius 2 is 2.05 bits per heavy atom. The predicted octanol–water partition coefficient (Wildman–Crippen LogP) is 2.03. The van der Waals surface area contributed by atoms with Gasteiger partial charge in [-0.25, -0.2) is 4.98 Å². The normalized spacial score (nSPS) is 15.1. The van der Waals surface area contributed by atoms with Crippen molar-refractivity contribution < 1.29 is 9.59 Å². The van der Waals surface area contributed by atoms with Crippen molar-refractivity contribution >= 4 is 28.3 Å². The highest BCUT2D eigenvalue weighted by atomic mass is 32.1. The van der Waals surface area contributed by atoms with Gasteiger partial charge in [0.25, 0.3) is 0 Å². The molecule has 0 saturated heterocycles. The zero-order valence-electron chi connectivity index (χ0n) is 11.7. The van der Waals surface area contributed by atoms with Crippen molar-refractivity contribution in [2.45, 2.75) is 40.7 Å². The van der Waals surface area contributed by atoms with Crippen molar-refractivity contribution in [2.75, 3.05) is 11.9 Å². The van der Waals surface area contributed by atoms with E-state index in [0.717, 1.165) is 17.0 Å². The Hall–Kier alpha value is -1.43. The lowest BCUT2D eigenvalue weighted by Gasteiger charge is -2.31. The molecule has 0 radical (unpaired) electrons. The highest BCUT2D eigenvalue weighted by molar-refractivity contribution is 7.15. The second-order valence-electron chi connectivity index (χ2n) is 5.80. The van der Waals surface area contributed by atoms with Crippen LogP contribution in [0.25, 0.3) is 0 Å². The first kappa shape index (κ1) is 14.0. The van der Waals surface area contributed by atoms with Gasteiger partial charge in [0.1, 0.15) is 0 Å². The van der Waals surface area contributed by atoms with E-state index in [1.165, 1.54) is 18.3 Å². The minimum absolute atomic E-state index is 0.117. The van der Waals surface area contributed by atoms with Crippen molar-refractivity contribution in [3.05, 3.63) is 10.6 Å². The lowest BCUT2D eigenvalue weighted by atomic mass is 9.94. The topological polar surface area (TPSA) is 62.3 Å². The fourth-order valence-electron chi connectivity index (χ4n) is 2.05. The van der Waals surface area contributed by atoms with Crippen molar-refractivity contribution in [3.63, 3.8) is 0 Å². The van der Waals surface area contributed by atoms with Gasteiger partial charge in [-0.2, -0.15) is 0 Å². The first-order valence-corrected chi connectivity index (χ1v) is 7.14. The van der Waals surface area contributed by atoms with Crippen LogP contribution in [0, 0.1) is 5.41 Å². The Bertz CT molecular complexity index is 516. The van der Waals surface area contributed by atoms with Gasteiger partial charge >= 0.3 is 0 Å². The number of hydrogen-bond donors (Lipinski definition) is 1. The molecule has 1 aromatic rings. The summed E-state index contributed by atoms with van der Waals surface area (Å²) >= 11 is 1.46. The van der Waals surface area contributed by atoms with E-state index >= 15 is 0 Å². The van der Waals surface area contributed by atoms with Crippen LogP contribution in [0.15, 0.2) is 0 Å². The Morgan fingerprint density at radius 3 is 2.63 bits per heavy atom. The smallest absolute Gasteiger partial charge is 0.228 e. The van der Waals surface area contributed by atoms with Crippen LogP contribution in [0.2, 0.25) is 0 Å². The number of hydrogen-bond acceptors (Lipinski definition) is 4. The Kier molecular flexibility index (Phi) is 3.62. The van der Waals surface area contributed by atoms with Crippen LogP contribution in [0.5, 0.6) is 0 Å². The molecule has 6 heteroatoms. The summed E-state index contributed by atoms with van der Waals surface area (Å²) in [6.07, 6.45) is 0.757. The first-order chi connectivity index (χ1) is 8.77. The summed E-state index contributed by atoms with van der Waals surface area (Å²) in [6.45, 7) is 8.56. The van der Waals surface area contributed by atoms with E-state index in [2.05, 4.69) is 10.3 Å². The van der Waals surface area contributed by atoms with Gasteiger partial charge in [0, 0.05) is 30.2 Å². The summed E-state index contributed by atoms with van der Waals surface area (Å²) in [5.74, 6) is 0.0429. The maximum absolute atomic E-state index is 12.3. The number of aromatic nitrogens is 1. The van der Waals surface area contributed by atoms with E-state index in [0.29, 0.717) is 18.2 Å². The number of rotatable bonds is 1. The third-order valence-corrected chi connectivity index (χ3v) is 3.94. The summed E-state index contributed by atoms with van der Waals surface area (Å²) in [5.41, 5.74) is 0.648. The van der Waals surface area contributed by atoms with E-state index < -0.39 is 0 Å². The molecule has 0 spiro atoms. The minimum Gasteiger partial charge on any atom is -0.337 e.